The van der Waals surface area contributed by atoms with E-state index in [9.17, 15) is 14.4 Å². The van der Waals surface area contributed by atoms with Crippen molar-refractivity contribution < 1.29 is 14.4 Å². The monoisotopic (exact) mass is 338 g/mol. The molecule has 1 N–H and O–H groups in total. The number of hydrogen-bond acceptors (Lipinski definition) is 3. The van der Waals surface area contributed by atoms with Crippen LogP contribution in [0.2, 0.25) is 0 Å². The molecule has 1 fully saturated rings. The number of urea groups is 1. The number of imide groups is 2. The fourth-order valence-electron chi connectivity index (χ4n) is 2.17. The molecule has 0 radical (unpaired) electrons. The zero-order chi connectivity index (χ0) is 15.2. The van der Waals surface area contributed by atoms with Crippen LogP contribution in [0.4, 0.5) is 10.5 Å². The molecular formula is C14H15BrN2O3. The van der Waals surface area contributed by atoms with Gasteiger partial charge in [0.05, 0.1) is 5.69 Å². The fraction of sp³-hybridized carbons (Fsp3) is 0.357. The highest BCUT2D eigenvalue weighted by atomic mass is 79.9. The number of aryl methyl sites for hydroxylation is 2. The van der Waals surface area contributed by atoms with Crippen LogP contribution in [0.3, 0.4) is 0 Å². The SMILES string of the molecule is Cc1cc(C)c(N2C(=O)NC(=O)C(C)(C)C2=O)c(Br)c1. The highest BCUT2D eigenvalue weighted by molar-refractivity contribution is 9.10. The van der Waals surface area contributed by atoms with Gasteiger partial charge in [0.1, 0.15) is 5.41 Å². The third-order valence-corrected chi connectivity index (χ3v) is 3.96. The predicted molar refractivity (Wildman–Crippen MR) is 78.4 cm³/mol. The predicted octanol–water partition coefficient (Wildman–Crippen LogP) is 2.67. The summed E-state index contributed by atoms with van der Waals surface area (Å²) < 4.78 is 0.642. The lowest BCUT2D eigenvalue weighted by molar-refractivity contribution is -0.140. The molecule has 1 saturated heterocycles. The molecule has 0 spiro atoms. The van der Waals surface area contributed by atoms with E-state index in [-0.39, 0.29) is 0 Å². The number of carbonyl (C=O) groups excluding carboxylic acids is 3. The van der Waals surface area contributed by atoms with Crippen molar-refractivity contribution in [2.24, 2.45) is 5.41 Å². The van der Waals surface area contributed by atoms with Crippen LogP contribution in [0.1, 0.15) is 25.0 Å². The van der Waals surface area contributed by atoms with Crippen LogP contribution in [0.25, 0.3) is 0 Å². The molecule has 0 unspecified atom stereocenters. The van der Waals surface area contributed by atoms with Crippen LogP contribution < -0.4 is 10.2 Å². The number of halogens is 1. The number of carbonyl (C=O) groups is 3. The van der Waals surface area contributed by atoms with Gasteiger partial charge < -0.3 is 0 Å². The molecule has 0 saturated carbocycles. The maximum atomic E-state index is 12.5. The van der Waals surface area contributed by atoms with Crippen LogP contribution >= 0.6 is 15.9 Å². The maximum Gasteiger partial charge on any atom is 0.335 e. The van der Waals surface area contributed by atoms with Crippen LogP contribution in [0, 0.1) is 19.3 Å². The van der Waals surface area contributed by atoms with E-state index in [2.05, 4.69) is 21.2 Å². The minimum atomic E-state index is -1.27. The van der Waals surface area contributed by atoms with Gasteiger partial charge in [-0.2, -0.15) is 0 Å². The van der Waals surface area contributed by atoms with Crippen molar-refractivity contribution in [3.05, 3.63) is 27.7 Å². The minimum absolute atomic E-state index is 0.471. The van der Waals surface area contributed by atoms with Crippen molar-refractivity contribution in [3.63, 3.8) is 0 Å². The zero-order valence-electron chi connectivity index (χ0n) is 11.7. The molecular weight excluding hydrogens is 324 g/mol. The largest absolute Gasteiger partial charge is 0.335 e. The third kappa shape index (κ3) is 2.14. The number of amides is 4. The number of hydrogen-bond donors (Lipinski definition) is 1. The Morgan fingerprint density at radius 3 is 2.30 bits per heavy atom. The molecule has 1 aliphatic heterocycles. The van der Waals surface area contributed by atoms with E-state index in [1.54, 1.807) is 0 Å². The Bertz CT molecular complexity index is 614. The molecule has 0 bridgehead atoms. The Morgan fingerprint density at radius 1 is 1.15 bits per heavy atom. The second kappa shape index (κ2) is 4.70. The van der Waals surface area contributed by atoms with E-state index in [1.807, 2.05) is 26.0 Å². The summed E-state index contributed by atoms with van der Waals surface area (Å²) in [6.45, 7) is 6.74. The van der Waals surface area contributed by atoms with E-state index >= 15 is 0 Å². The fourth-order valence-corrected chi connectivity index (χ4v) is 3.02. The first kappa shape index (κ1) is 14.7. The summed E-state index contributed by atoms with van der Waals surface area (Å²) in [6.07, 6.45) is 0. The van der Waals surface area contributed by atoms with E-state index in [1.165, 1.54) is 13.8 Å². The highest BCUT2D eigenvalue weighted by Gasteiger charge is 2.48. The van der Waals surface area contributed by atoms with Gasteiger partial charge in [-0.05, 0) is 60.8 Å². The van der Waals surface area contributed by atoms with Gasteiger partial charge in [0, 0.05) is 4.47 Å². The van der Waals surface area contributed by atoms with Gasteiger partial charge in [0.15, 0.2) is 0 Å². The van der Waals surface area contributed by atoms with Crippen molar-refractivity contribution in [1.82, 2.24) is 5.32 Å². The molecule has 5 nitrogen and oxygen atoms in total. The van der Waals surface area contributed by atoms with Crippen molar-refractivity contribution in [3.8, 4) is 0 Å². The lowest BCUT2D eigenvalue weighted by Crippen LogP contribution is -2.62. The van der Waals surface area contributed by atoms with Crippen LogP contribution in [0.15, 0.2) is 16.6 Å². The van der Waals surface area contributed by atoms with E-state index in [4.69, 9.17) is 0 Å². The number of barbiturate groups is 1. The second-order valence-corrected chi connectivity index (χ2v) is 6.29. The summed E-state index contributed by atoms with van der Waals surface area (Å²) in [7, 11) is 0. The van der Waals surface area contributed by atoms with Crippen molar-refractivity contribution in [1.29, 1.82) is 0 Å². The topological polar surface area (TPSA) is 66.5 Å². The molecule has 2 rings (SSSR count). The van der Waals surface area contributed by atoms with Gasteiger partial charge in [-0.15, -0.1) is 0 Å². The van der Waals surface area contributed by atoms with Crippen molar-refractivity contribution >= 4 is 39.5 Å². The quantitative estimate of drug-likeness (QED) is 0.800. The normalized spacial score (nSPS) is 18.2. The Kier molecular flexibility index (Phi) is 3.46. The van der Waals surface area contributed by atoms with Crippen molar-refractivity contribution in [2.45, 2.75) is 27.7 Å². The summed E-state index contributed by atoms with van der Waals surface area (Å²) in [5.41, 5.74) is 0.993. The first-order valence-corrected chi connectivity index (χ1v) is 6.92. The average Bonchev–Trinajstić information content (AvgIpc) is 2.30. The highest BCUT2D eigenvalue weighted by Crippen LogP contribution is 2.35. The second-order valence-electron chi connectivity index (χ2n) is 5.44. The van der Waals surface area contributed by atoms with E-state index in [0.717, 1.165) is 16.0 Å². The molecule has 4 amide bonds. The van der Waals surface area contributed by atoms with Crippen LogP contribution in [-0.4, -0.2) is 17.8 Å². The maximum absolute atomic E-state index is 12.5. The Hall–Kier alpha value is -1.69. The number of nitrogens with zero attached hydrogens (tertiary/aromatic N) is 1. The molecule has 0 aliphatic carbocycles. The molecule has 6 heteroatoms. The average molecular weight is 339 g/mol. The lowest BCUT2D eigenvalue weighted by Gasteiger charge is -2.35. The first-order valence-electron chi connectivity index (χ1n) is 6.13. The zero-order valence-corrected chi connectivity index (χ0v) is 13.3. The number of rotatable bonds is 1. The Labute approximate surface area is 125 Å². The summed E-state index contributed by atoms with van der Waals surface area (Å²) in [5.74, 6) is -1.11. The van der Waals surface area contributed by atoms with E-state index in [0.29, 0.717) is 10.2 Å². The Morgan fingerprint density at radius 2 is 1.75 bits per heavy atom. The molecule has 106 valence electrons. The van der Waals surface area contributed by atoms with Gasteiger partial charge in [0.25, 0.3) is 0 Å². The summed E-state index contributed by atoms with van der Waals surface area (Å²) in [4.78, 5) is 37.3. The third-order valence-electron chi connectivity index (χ3n) is 3.35. The van der Waals surface area contributed by atoms with Gasteiger partial charge in [0.2, 0.25) is 11.8 Å². The van der Waals surface area contributed by atoms with E-state index < -0.39 is 23.3 Å². The van der Waals surface area contributed by atoms with Crippen LogP contribution in [0.5, 0.6) is 0 Å². The smallest absolute Gasteiger partial charge is 0.276 e. The lowest BCUT2D eigenvalue weighted by atomic mass is 9.88. The number of anilines is 1. The number of benzene rings is 1. The van der Waals surface area contributed by atoms with Crippen LogP contribution in [-0.2, 0) is 9.59 Å². The molecule has 1 heterocycles. The summed E-state index contributed by atoms with van der Waals surface area (Å²) in [5, 5.41) is 2.22. The van der Waals surface area contributed by atoms with Crippen molar-refractivity contribution in [2.75, 3.05) is 4.90 Å². The molecule has 1 aromatic rings. The molecule has 1 aliphatic rings. The van der Waals surface area contributed by atoms with Gasteiger partial charge in [-0.25, -0.2) is 9.69 Å². The number of nitrogens with one attached hydrogen (secondary N) is 1. The molecule has 1 aromatic carbocycles. The minimum Gasteiger partial charge on any atom is -0.276 e. The van der Waals surface area contributed by atoms with Gasteiger partial charge >= 0.3 is 6.03 Å². The van der Waals surface area contributed by atoms with Gasteiger partial charge in [-0.3, -0.25) is 14.9 Å². The molecule has 0 atom stereocenters. The summed E-state index contributed by atoms with van der Waals surface area (Å²) in [6, 6.07) is 2.99. The summed E-state index contributed by atoms with van der Waals surface area (Å²) >= 11 is 3.38. The first-order chi connectivity index (χ1) is 9.16. The van der Waals surface area contributed by atoms with Gasteiger partial charge in [-0.1, -0.05) is 6.07 Å². The standard InChI is InChI=1S/C14H15BrN2O3/c1-7-5-8(2)10(9(15)6-7)17-12(19)14(3,4)11(18)16-13(17)20/h5-6H,1-4H3,(H,16,18,20). The molecule has 20 heavy (non-hydrogen) atoms. The Balaban J connectivity index is 2.60. The molecule has 0 aromatic heterocycles.